The van der Waals surface area contributed by atoms with Crippen LogP contribution in [0.3, 0.4) is 0 Å². The monoisotopic (exact) mass is 489 g/mol. The number of nitrogens with one attached hydrogen (secondary N) is 1. The van der Waals surface area contributed by atoms with Crippen molar-refractivity contribution >= 4 is 33.7 Å². The second kappa shape index (κ2) is 11.0. The molecule has 0 amide bonds. The van der Waals surface area contributed by atoms with Gasteiger partial charge in [0.1, 0.15) is 5.75 Å². The van der Waals surface area contributed by atoms with Crippen LogP contribution in [0, 0.1) is 5.92 Å². The molecule has 2 unspecified atom stereocenters. The zero-order chi connectivity index (χ0) is 21.5. The Morgan fingerprint density at radius 1 is 1.13 bits per heavy atom. The lowest BCUT2D eigenvalue weighted by atomic mass is 9.94. The molecule has 0 saturated carbocycles. The number of carbonyl (C=O) groups is 1. The van der Waals surface area contributed by atoms with Gasteiger partial charge in [-0.2, -0.15) is 0 Å². The van der Waals surface area contributed by atoms with E-state index in [1.165, 1.54) is 17.6 Å². The van der Waals surface area contributed by atoms with Gasteiger partial charge < -0.3 is 14.8 Å². The molecule has 3 rings (SSSR count). The van der Waals surface area contributed by atoms with Crippen molar-refractivity contribution in [3.05, 3.63) is 74.6 Å². The number of esters is 1. The Labute approximate surface area is 191 Å². The second-order valence-corrected chi connectivity index (χ2v) is 9.90. The summed E-state index contributed by atoms with van der Waals surface area (Å²) in [7, 11) is 1.40. The van der Waals surface area contributed by atoms with Crippen LogP contribution in [0.15, 0.2) is 63.5 Å². The molecule has 160 valence electrons. The molecule has 1 aliphatic heterocycles. The molecule has 0 aliphatic carbocycles. The Morgan fingerprint density at radius 2 is 1.83 bits per heavy atom. The number of rotatable bonds is 9. The van der Waals surface area contributed by atoms with Crippen LogP contribution in [0.1, 0.15) is 36.2 Å². The summed E-state index contributed by atoms with van der Waals surface area (Å²) >= 11 is 5.42. The molecule has 0 fully saturated rings. The SMILES string of the molecule is COC(=O)c1ccc(CNCCC2=C(C)SC(C)C2COc2ccc(Br)cc2)cc1. The Hall–Kier alpha value is -1.76. The lowest BCUT2D eigenvalue weighted by Crippen LogP contribution is -2.23. The first-order chi connectivity index (χ1) is 14.5. The van der Waals surface area contributed by atoms with E-state index < -0.39 is 0 Å². The van der Waals surface area contributed by atoms with Gasteiger partial charge >= 0.3 is 5.97 Å². The standard InChI is InChI=1S/C24H28BrNO3S/c1-16-22(12-13-26-14-18-4-6-19(7-5-18)24(27)28-3)23(17(2)30-16)15-29-21-10-8-20(25)9-11-21/h4-11,17,23,26H,12-15H2,1-3H3. The van der Waals surface area contributed by atoms with Crippen LogP contribution in [0.25, 0.3) is 0 Å². The maximum atomic E-state index is 11.5. The number of benzene rings is 2. The highest BCUT2D eigenvalue weighted by Gasteiger charge is 2.31. The molecule has 4 nitrogen and oxygen atoms in total. The maximum absolute atomic E-state index is 11.5. The Kier molecular flexibility index (Phi) is 8.42. The molecular formula is C24H28BrNO3S. The van der Waals surface area contributed by atoms with Crippen molar-refractivity contribution < 1.29 is 14.3 Å². The molecule has 30 heavy (non-hydrogen) atoms. The van der Waals surface area contributed by atoms with E-state index in [2.05, 4.69) is 35.1 Å². The highest BCUT2D eigenvalue weighted by atomic mass is 79.9. The molecule has 2 aromatic rings. The van der Waals surface area contributed by atoms with Gasteiger partial charge in [0.05, 0.1) is 19.3 Å². The van der Waals surface area contributed by atoms with Gasteiger partial charge in [0.15, 0.2) is 0 Å². The van der Waals surface area contributed by atoms with Gasteiger partial charge in [0, 0.05) is 22.2 Å². The summed E-state index contributed by atoms with van der Waals surface area (Å²) in [4.78, 5) is 12.9. The minimum Gasteiger partial charge on any atom is -0.493 e. The van der Waals surface area contributed by atoms with Crippen molar-refractivity contribution in [1.29, 1.82) is 0 Å². The number of hydrogen-bond donors (Lipinski definition) is 1. The van der Waals surface area contributed by atoms with Gasteiger partial charge in [-0.25, -0.2) is 4.79 Å². The number of allylic oxidation sites excluding steroid dienone is 1. The molecule has 1 heterocycles. The minimum atomic E-state index is -0.304. The summed E-state index contributed by atoms with van der Waals surface area (Å²) < 4.78 is 11.9. The van der Waals surface area contributed by atoms with Crippen molar-refractivity contribution in [2.24, 2.45) is 5.92 Å². The second-order valence-electron chi connectivity index (χ2n) is 7.39. The van der Waals surface area contributed by atoms with Gasteiger partial charge in [0.25, 0.3) is 0 Å². The van der Waals surface area contributed by atoms with E-state index in [0.717, 1.165) is 35.3 Å². The lowest BCUT2D eigenvalue weighted by Gasteiger charge is -2.20. The predicted molar refractivity (Wildman–Crippen MR) is 127 cm³/mol. The first-order valence-electron chi connectivity index (χ1n) is 10.1. The van der Waals surface area contributed by atoms with Crippen molar-refractivity contribution in [2.45, 2.75) is 32.1 Å². The molecule has 1 N–H and O–H groups in total. The molecule has 0 aromatic heterocycles. The molecule has 0 radical (unpaired) electrons. The summed E-state index contributed by atoms with van der Waals surface area (Å²) in [5.41, 5.74) is 3.23. The van der Waals surface area contributed by atoms with Gasteiger partial charge in [-0.15, -0.1) is 11.8 Å². The first kappa shape index (κ1) is 22.9. The van der Waals surface area contributed by atoms with E-state index in [1.807, 2.05) is 48.2 Å². The summed E-state index contributed by atoms with van der Waals surface area (Å²) in [6.07, 6.45) is 1.01. The average Bonchev–Trinajstić information content (AvgIpc) is 3.03. The fourth-order valence-electron chi connectivity index (χ4n) is 3.63. The zero-order valence-corrected chi connectivity index (χ0v) is 20.0. The van der Waals surface area contributed by atoms with Crippen LogP contribution in [0.2, 0.25) is 0 Å². The molecule has 0 bridgehead atoms. The summed E-state index contributed by atoms with van der Waals surface area (Å²) in [6.45, 7) is 6.90. The highest BCUT2D eigenvalue weighted by Crippen LogP contribution is 2.43. The van der Waals surface area contributed by atoms with E-state index in [-0.39, 0.29) is 5.97 Å². The minimum absolute atomic E-state index is 0.304. The third-order valence-electron chi connectivity index (χ3n) is 5.35. The molecular weight excluding hydrogens is 462 g/mol. The lowest BCUT2D eigenvalue weighted by molar-refractivity contribution is 0.0600. The number of methoxy groups -OCH3 is 1. The van der Waals surface area contributed by atoms with Crippen LogP contribution in [0.5, 0.6) is 5.75 Å². The van der Waals surface area contributed by atoms with Crippen LogP contribution in [0.4, 0.5) is 0 Å². The van der Waals surface area contributed by atoms with Crippen LogP contribution in [-0.2, 0) is 11.3 Å². The molecule has 6 heteroatoms. The molecule has 2 atom stereocenters. The normalized spacial score (nSPS) is 18.5. The predicted octanol–water partition coefficient (Wildman–Crippen LogP) is 5.82. The third-order valence-corrected chi connectivity index (χ3v) is 7.19. The van der Waals surface area contributed by atoms with E-state index in [0.29, 0.717) is 23.3 Å². The summed E-state index contributed by atoms with van der Waals surface area (Å²) in [6, 6.07) is 15.6. The van der Waals surface area contributed by atoms with Gasteiger partial charge in [-0.05, 0) is 66.8 Å². The number of halogens is 1. The smallest absolute Gasteiger partial charge is 0.337 e. The van der Waals surface area contributed by atoms with Gasteiger partial charge in [-0.1, -0.05) is 40.6 Å². The molecule has 1 aliphatic rings. The first-order valence-corrected chi connectivity index (χ1v) is 11.8. The maximum Gasteiger partial charge on any atom is 0.337 e. The van der Waals surface area contributed by atoms with E-state index in [1.54, 1.807) is 12.1 Å². The Morgan fingerprint density at radius 3 is 2.50 bits per heavy atom. The quantitative estimate of drug-likeness (QED) is 0.355. The molecule has 0 spiro atoms. The van der Waals surface area contributed by atoms with Gasteiger partial charge in [0.2, 0.25) is 0 Å². The largest absolute Gasteiger partial charge is 0.493 e. The Bertz CT molecular complexity index is 880. The van der Waals surface area contributed by atoms with Crippen molar-refractivity contribution in [3.8, 4) is 5.75 Å². The summed E-state index contributed by atoms with van der Waals surface area (Å²) in [5.74, 6) is 1.04. The summed E-state index contributed by atoms with van der Waals surface area (Å²) in [5, 5.41) is 4.05. The number of hydrogen-bond acceptors (Lipinski definition) is 5. The number of carbonyl (C=O) groups excluding carboxylic acids is 1. The number of thioether (sulfide) groups is 1. The van der Waals surface area contributed by atoms with E-state index in [4.69, 9.17) is 9.47 Å². The van der Waals surface area contributed by atoms with Crippen molar-refractivity contribution in [2.75, 3.05) is 20.3 Å². The number of ether oxygens (including phenoxy) is 2. The van der Waals surface area contributed by atoms with Crippen molar-refractivity contribution in [1.82, 2.24) is 5.32 Å². The topological polar surface area (TPSA) is 47.6 Å². The van der Waals surface area contributed by atoms with Crippen LogP contribution < -0.4 is 10.1 Å². The zero-order valence-electron chi connectivity index (χ0n) is 17.6. The Balaban J connectivity index is 1.48. The highest BCUT2D eigenvalue weighted by molar-refractivity contribution is 9.10. The average molecular weight is 490 g/mol. The third kappa shape index (κ3) is 6.13. The van der Waals surface area contributed by atoms with Crippen LogP contribution >= 0.6 is 27.7 Å². The fraction of sp³-hybridized carbons (Fsp3) is 0.375. The fourth-order valence-corrected chi connectivity index (χ4v) is 5.26. The van der Waals surface area contributed by atoms with Crippen molar-refractivity contribution in [3.63, 3.8) is 0 Å². The molecule has 0 saturated heterocycles. The van der Waals surface area contributed by atoms with Gasteiger partial charge in [-0.3, -0.25) is 0 Å². The van der Waals surface area contributed by atoms with E-state index >= 15 is 0 Å². The van der Waals surface area contributed by atoms with E-state index in [9.17, 15) is 4.79 Å². The molecule has 2 aromatic carbocycles. The van der Waals surface area contributed by atoms with Crippen LogP contribution in [-0.4, -0.2) is 31.5 Å².